The summed E-state index contributed by atoms with van der Waals surface area (Å²) in [4.78, 5) is 0. The molecule has 0 spiro atoms. The van der Waals surface area contributed by atoms with Crippen LogP contribution in [0.15, 0.2) is 97.1 Å². The predicted molar refractivity (Wildman–Crippen MR) is 127 cm³/mol. The summed E-state index contributed by atoms with van der Waals surface area (Å²) in [5, 5.41) is 0. The van der Waals surface area contributed by atoms with Gasteiger partial charge in [0, 0.05) is 6.07 Å². The fraction of sp³-hybridized carbons (Fsp3) is 0.172. The topological polar surface area (TPSA) is 18.5 Å². The number of rotatable bonds is 6. The molecule has 31 heavy (non-hydrogen) atoms. The van der Waals surface area contributed by atoms with Crippen LogP contribution < -0.4 is 9.47 Å². The van der Waals surface area contributed by atoms with Crippen molar-refractivity contribution < 1.29 is 9.47 Å². The van der Waals surface area contributed by atoms with E-state index >= 15 is 0 Å². The minimum atomic E-state index is 0.155. The van der Waals surface area contributed by atoms with Crippen LogP contribution in [-0.4, -0.2) is 0 Å². The van der Waals surface area contributed by atoms with Gasteiger partial charge >= 0.3 is 0 Å². The molecule has 0 amide bonds. The van der Waals surface area contributed by atoms with E-state index in [0.717, 1.165) is 33.9 Å². The van der Waals surface area contributed by atoms with Crippen LogP contribution >= 0.6 is 0 Å². The molecule has 0 aliphatic rings. The molecular weight excluding hydrogens is 380 g/mol. The molecule has 0 atom stereocenters. The summed E-state index contributed by atoms with van der Waals surface area (Å²) in [7, 11) is 0. The van der Waals surface area contributed by atoms with Crippen molar-refractivity contribution in [2.75, 3.05) is 0 Å². The Labute approximate surface area is 185 Å². The standard InChI is InChI=1S/C29H27O2/c1-29(2,3)25-16-12-22(13-17-25)21-30-27-10-7-11-28(20-27)31-26-18-14-24(15-19-26)23-8-5-4-6-9-23/h4-8,10-20H,21H2,1-3H3. The van der Waals surface area contributed by atoms with Crippen LogP contribution in [0.3, 0.4) is 0 Å². The van der Waals surface area contributed by atoms with E-state index in [1.165, 1.54) is 5.56 Å². The van der Waals surface area contributed by atoms with Gasteiger partial charge in [0.2, 0.25) is 0 Å². The lowest BCUT2D eigenvalue weighted by molar-refractivity contribution is 0.304. The van der Waals surface area contributed by atoms with Crippen LogP contribution in [0.25, 0.3) is 11.1 Å². The van der Waals surface area contributed by atoms with Crippen molar-refractivity contribution in [2.24, 2.45) is 0 Å². The van der Waals surface area contributed by atoms with E-state index in [0.29, 0.717) is 6.61 Å². The fourth-order valence-electron chi connectivity index (χ4n) is 3.31. The molecule has 155 valence electrons. The number of ether oxygens (including phenoxy) is 2. The molecule has 4 rings (SSSR count). The van der Waals surface area contributed by atoms with Crippen molar-refractivity contribution in [1.29, 1.82) is 0 Å². The normalized spacial score (nSPS) is 11.2. The molecule has 2 nitrogen and oxygen atoms in total. The third-order valence-electron chi connectivity index (χ3n) is 5.14. The van der Waals surface area contributed by atoms with E-state index in [9.17, 15) is 0 Å². The maximum absolute atomic E-state index is 6.02. The van der Waals surface area contributed by atoms with Crippen molar-refractivity contribution in [2.45, 2.75) is 32.8 Å². The van der Waals surface area contributed by atoms with Gasteiger partial charge in [-0.1, -0.05) is 87.5 Å². The first-order chi connectivity index (χ1) is 15.0. The van der Waals surface area contributed by atoms with E-state index in [1.807, 2.05) is 72.8 Å². The summed E-state index contributed by atoms with van der Waals surface area (Å²) in [5.41, 5.74) is 4.81. The average molecular weight is 408 g/mol. The van der Waals surface area contributed by atoms with Crippen molar-refractivity contribution in [3.8, 4) is 28.4 Å². The number of hydrogen-bond donors (Lipinski definition) is 0. The highest BCUT2D eigenvalue weighted by Crippen LogP contribution is 2.28. The van der Waals surface area contributed by atoms with E-state index in [2.05, 4.69) is 51.1 Å². The van der Waals surface area contributed by atoms with Gasteiger partial charge < -0.3 is 9.47 Å². The lowest BCUT2D eigenvalue weighted by Crippen LogP contribution is -2.10. The molecule has 0 N–H and O–H groups in total. The predicted octanol–water partition coefficient (Wildman–Crippen LogP) is 7.82. The maximum Gasteiger partial charge on any atom is 0.131 e. The van der Waals surface area contributed by atoms with Gasteiger partial charge in [0.25, 0.3) is 0 Å². The van der Waals surface area contributed by atoms with Crippen LogP contribution in [-0.2, 0) is 12.0 Å². The van der Waals surface area contributed by atoms with E-state index in [4.69, 9.17) is 9.47 Å². The third-order valence-corrected chi connectivity index (χ3v) is 5.14. The summed E-state index contributed by atoms with van der Waals surface area (Å²) in [6.07, 6.45) is 0. The van der Waals surface area contributed by atoms with Crippen LogP contribution in [0, 0.1) is 6.07 Å². The van der Waals surface area contributed by atoms with Gasteiger partial charge in [-0.3, -0.25) is 0 Å². The Balaban J connectivity index is 1.38. The Bertz CT molecular complexity index is 1110. The molecule has 1 radical (unpaired) electrons. The molecule has 0 fully saturated rings. The van der Waals surface area contributed by atoms with Crippen LogP contribution in [0.1, 0.15) is 31.9 Å². The second-order valence-corrected chi connectivity index (χ2v) is 8.61. The monoisotopic (exact) mass is 407 g/mol. The number of hydrogen-bond acceptors (Lipinski definition) is 2. The molecular formula is C29H27O2. The van der Waals surface area contributed by atoms with Crippen LogP contribution in [0.4, 0.5) is 0 Å². The molecule has 0 saturated heterocycles. The number of benzene rings is 4. The summed E-state index contributed by atoms with van der Waals surface area (Å²) in [6.45, 7) is 7.18. The Morgan fingerprint density at radius 3 is 2.13 bits per heavy atom. The Kier molecular flexibility index (Phi) is 6.08. The first kappa shape index (κ1) is 20.7. The van der Waals surface area contributed by atoms with E-state index in [1.54, 1.807) is 0 Å². The summed E-state index contributed by atoms with van der Waals surface area (Å²) in [5.74, 6) is 2.32. The minimum absolute atomic E-state index is 0.155. The molecule has 4 aromatic rings. The lowest BCUT2D eigenvalue weighted by Gasteiger charge is -2.19. The largest absolute Gasteiger partial charge is 0.489 e. The van der Waals surface area contributed by atoms with E-state index < -0.39 is 0 Å². The molecule has 0 aliphatic heterocycles. The molecule has 0 heterocycles. The van der Waals surface area contributed by atoms with Crippen LogP contribution in [0.2, 0.25) is 0 Å². The van der Waals surface area contributed by atoms with Gasteiger partial charge in [-0.25, -0.2) is 0 Å². The molecule has 2 heteroatoms. The first-order valence-electron chi connectivity index (χ1n) is 10.5. The Morgan fingerprint density at radius 2 is 1.45 bits per heavy atom. The molecule has 0 saturated carbocycles. The van der Waals surface area contributed by atoms with Crippen LogP contribution in [0.5, 0.6) is 17.2 Å². The zero-order valence-corrected chi connectivity index (χ0v) is 18.3. The van der Waals surface area contributed by atoms with E-state index in [-0.39, 0.29) is 5.41 Å². The Morgan fingerprint density at radius 1 is 0.710 bits per heavy atom. The van der Waals surface area contributed by atoms with Crippen molar-refractivity contribution in [3.05, 3.63) is 114 Å². The van der Waals surface area contributed by atoms with Gasteiger partial charge in [-0.15, -0.1) is 0 Å². The highest BCUT2D eigenvalue weighted by Gasteiger charge is 2.12. The second kappa shape index (κ2) is 9.09. The summed E-state index contributed by atoms with van der Waals surface area (Å²) < 4.78 is 12.0. The molecule has 0 unspecified atom stereocenters. The molecule has 0 aromatic heterocycles. The first-order valence-corrected chi connectivity index (χ1v) is 10.5. The van der Waals surface area contributed by atoms with Crippen molar-refractivity contribution in [1.82, 2.24) is 0 Å². The minimum Gasteiger partial charge on any atom is -0.489 e. The molecule has 4 aromatic carbocycles. The highest BCUT2D eigenvalue weighted by atomic mass is 16.5. The van der Waals surface area contributed by atoms with Crippen molar-refractivity contribution >= 4 is 0 Å². The smallest absolute Gasteiger partial charge is 0.131 e. The second-order valence-electron chi connectivity index (χ2n) is 8.61. The summed E-state index contributed by atoms with van der Waals surface area (Å²) >= 11 is 0. The van der Waals surface area contributed by atoms with Gasteiger partial charge in [0.1, 0.15) is 23.9 Å². The summed E-state index contributed by atoms with van der Waals surface area (Å²) in [6, 6.07) is 35.6. The SMILES string of the molecule is CC(C)(C)c1ccc(COc2cccc(Oc3ccc(-c4[c]cccc4)cc3)c2)cc1. The van der Waals surface area contributed by atoms with Crippen molar-refractivity contribution in [3.63, 3.8) is 0 Å². The van der Waals surface area contributed by atoms with Gasteiger partial charge in [-0.2, -0.15) is 0 Å². The maximum atomic E-state index is 6.02. The fourth-order valence-corrected chi connectivity index (χ4v) is 3.31. The molecule has 0 aliphatic carbocycles. The van der Waals surface area contributed by atoms with Gasteiger partial charge in [0.15, 0.2) is 0 Å². The average Bonchev–Trinajstić information content (AvgIpc) is 2.79. The van der Waals surface area contributed by atoms with Gasteiger partial charge in [0.05, 0.1) is 0 Å². The lowest BCUT2D eigenvalue weighted by atomic mass is 9.87. The highest BCUT2D eigenvalue weighted by molar-refractivity contribution is 5.63. The Hall–Kier alpha value is -3.52. The molecule has 0 bridgehead atoms. The third kappa shape index (κ3) is 5.55. The van der Waals surface area contributed by atoms with Gasteiger partial charge in [-0.05, 0) is 58.0 Å². The zero-order chi connectivity index (χ0) is 21.7. The quantitative estimate of drug-likeness (QED) is 0.324. The zero-order valence-electron chi connectivity index (χ0n) is 18.3.